The van der Waals surface area contributed by atoms with E-state index in [1.54, 1.807) is 12.2 Å². The fraction of sp³-hybridized carbons (Fsp3) is 0.689. The van der Waals surface area contributed by atoms with Gasteiger partial charge in [-0.15, -0.1) is 0 Å². The van der Waals surface area contributed by atoms with Gasteiger partial charge in [-0.25, -0.2) is 4.57 Å². The highest BCUT2D eigenvalue weighted by atomic mass is 31.2. The number of carbonyl (C=O) groups is 2. The van der Waals surface area contributed by atoms with Crippen LogP contribution in [-0.4, -0.2) is 60.5 Å². The van der Waals surface area contributed by atoms with Crippen molar-refractivity contribution in [3.63, 3.8) is 0 Å². The van der Waals surface area contributed by atoms with Gasteiger partial charge >= 0.3 is 19.8 Å². The number of unbranched alkanes of at least 4 members (excludes halogenated alkanes) is 13. The fourth-order valence-electron chi connectivity index (χ4n) is 5.41. The fourth-order valence-corrected chi connectivity index (χ4v) is 6.18. The number of esters is 2. The molecule has 3 atom stereocenters. The Hall–Kier alpha value is -2.59. The maximum Gasteiger partial charge on any atom is 0.472 e. The minimum Gasteiger partial charge on any atom is -0.462 e. The number of hydrogen-bond acceptors (Lipinski definition) is 9. The van der Waals surface area contributed by atoms with Gasteiger partial charge in [0.2, 0.25) is 0 Å². The van der Waals surface area contributed by atoms with Crippen molar-refractivity contribution in [3.8, 4) is 0 Å². The Labute approximate surface area is 340 Å². The highest BCUT2D eigenvalue weighted by Gasteiger charge is 2.26. The molecule has 2 unspecified atom stereocenters. The summed E-state index contributed by atoms with van der Waals surface area (Å²) in [6, 6.07) is 0. The van der Waals surface area contributed by atoms with Crippen molar-refractivity contribution >= 4 is 19.8 Å². The molecule has 0 aliphatic carbocycles. The van der Waals surface area contributed by atoms with Gasteiger partial charge in [0.1, 0.15) is 6.61 Å². The van der Waals surface area contributed by atoms with E-state index in [1.807, 2.05) is 12.2 Å². The number of nitrogens with two attached hydrogens (primary N) is 1. The molecular formula is C45H78NO9P. The lowest BCUT2D eigenvalue weighted by atomic mass is 10.1. The lowest BCUT2D eigenvalue weighted by Crippen LogP contribution is -2.29. The predicted molar refractivity (Wildman–Crippen MR) is 230 cm³/mol. The highest BCUT2D eigenvalue weighted by Crippen LogP contribution is 2.43. The lowest BCUT2D eigenvalue weighted by Gasteiger charge is -2.20. The second-order valence-electron chi connectivity index (χ2n) is 14.1. The summed E-state index contributed by atoms with van der Waals surface area (Å²) in [5.74, 6) is -1.06. The summed E-state index contributed by atoms with van der Waals surface area (Å²) in [7, 11) is -4.44. The summed E-state index contributed by atoms with van der Waals surface area (Å²) < 4.78 is 32.6. The molecular weight excluding hydrogens is 729 g/mol. The first-order valence-electron chi connectivity index (χ1n) is 21.5. The van der Waals surface area contributed by atoms with Crippen LogP contribution in [0.4, 0.5) is 0 Å². The Balaban J connectivity index is 4.41. The number of carbonyl (C=O) groups excluding carboxylic acids is 2. The molecule has 0 aromatic rings. The number of phosphoric ester groups is 1. The van der Waals surface area contributed by atoms with Gasteiger partial charge in [0.15, 0.2) is 6.10 Å². The topological polar surface area (TPSA) is 155 Å². The molecule has 0 spiro atoms. The summed E-state index contributed by atoms with van der Waals surface area (Å²) in [5, 5.41) is 10.3. The van der Waals surface area contributed by atoms with Crippen LogP contribution in [-0.2, 0) is 32.7 Å². The van der Waals surface area contributed by atoms with Crippen molar-refractivity contribution < 1.29 is 42.7 Å². The molecule has 0 fully saturated rings. The van der Waals surface area contributed by atoms with Crippen molar-refractivity contribution in [2.45, 2.75) is 174 Å². The number of ether oxygens (including phenoxy) is 2. The van der Waals surface area contributed by atoms with Gasteiger partial charge in [0, 0.05) is 19.4 Å². The molecule has 0 saturated heterocycles. The van der Waals surface area contributed by atoms with Crippen LogP contribution >= 0.6 is 7.82 Å². The second kappa shape index (κ2) is 40.6. The van der Waals surface area contributed by atoms with E-state index in [0.29, 0.717) is 19.3 Å². The van der Waals surface area contributed by atoms with E-state index >= 15 is 0 Å². The molecule has 0 rings (SSSR count). The molecule has 322 valence electrons. The van der Waals surface area contributed by atoms with E-state index in [9.17, 15) is 24.2 Å². The van der Waals surface area contributed by atoms with Crippen LogP contribution in [0.3, 0.4) is 0 Å². The molecule has 10 nitrogen and oxygen atoms in total. The van der Waals surface area contributed by atoms with E-state index in [1.165, 1.54) is 64.2 Å². The number of aliphatic hydroxyl groups excluding tert-OH is 1. The Morgan fingerprint density at radius 1 is 0.625 bits per heavy atom. The van der Waals surface area contributed by atoms with Crippen LogP contribution in [0.25, 0.3) is 0 Å². The molecule has 0 aliphatic rings. The lowest BCUT2D eigenvalue weighted by molar-refractivity contribution is -0.161. The first-order chi connectivity index (χ1) is 27.2. The number of phosphoric acid groups is 1. The molecule has 0 bridgehead atoms. The van der Waals surface area contributed by atoms with Crippen molar-refractivity contribution in [2.75, 3.05) is 26.4 Å². The average Bonchev–Trinajstić information content (AvgIpc) is 3.18. The summed E-state index contributed by atoms with van der Waals surface area (Å²) in [6.07, 6.45) is 45.3. The van der Waals surface area contributed by atoms with Crippen LogP contribution < -0.4 is 5.73 Å². The van der Waals surface area contributed by atoms with E-state index in [0.717, 1.165) is 51.4 Å². The summed E-state index contributed by atoms with van der Waals surface area (Å²) >= 11 is 0. The zero-order valence-corrected chi connectivity index (χ0v) is 35.8. The number of allylic oxidation sites excluding steroid dienone is 11. The van der Waals surface area contributed by atoms with Crippen LogP contribution in [0.1, 0.15) is 162 Å². The van der Waals surface area contributed by atoms with Crippen molar-refractivity contribution in [1.29, 1.82) is 0 Å². The van der Waals surface area contributed by atoms with Crippen molar-refractivity contribution in [3.05, 3.63) is 72.9 Å². The summed E-state index contributed by atoms with van der Waals surface area (Å²) in [6.45, 7) is 3.43. The Morgan fingerprint density at radius 3 is 1.77 bits per heavy atom. The van der Waals surface area contributed by atoms with Crippen LogP contribution in [0, 0.1) is 0 Å². The van der Waals surface area contributed by atoms with E-state index in [4.69, 9.17) is 24.3 Å². The Morgan fingerprint density at radius 2 is 1.14 bits per heavy atom. The third-order valence-electron chi connectivity index (χ3n) is 8.67. The zero-order chi connectivity index (χ0) is 41.2. The van der Waals surface area contributed by atoms with Gasteiger partial charge in [-0.3, -0.25) is 18.6 Å². The molecule has 56 heavy (non-hydrogen) atoms. The third kappa shape index (κ3) is 39.6. The standard InChI is InChI=1S/C45H78NO9P/c1-3-5-7-9-11-13-15-17-18-19-20-22-24-26-28-30-32-36-44(48)52-40-43(41-54-56(50,51)53-39-38-46)55-45(49)37-33-35-42(47)34-31-29-27-25-23-21-16-14-12-10-8-6-4-2/h11,13,17-18,20-23,27,29,31,34,42-43,47H,3-10,12,14-16,19,24-26,28,30,32-33,35-41,46H2,1-2H3,(H,50,51)/b13-11-,18-17-,22-20-,23-21+,29-27+,34-31+/t42?,43-/m1/s1. The van der Waals surface area contributed by atoms with Crippen LogP contribution in [0.5, 0.6) is 0 Å². The summed E-state index contributed by atoms with van der Waals surface area (Å²) in [4.78, 5) is 34.9. The number of rotatable bonds is 39. The molecule has 0 aromatic heterocycles. The first-order valence-corrected chi connectivity index (χ1v) is 23.0. The molecule has 0 saturated carbocycles. The van der Waals surface area contributed by atoms with Crippen LogP contribution in [0.15, 0.2) is 72.9 Å². The van der Waals surface area contributed by atoms with Crippen LogP contribution in [0.2, 0.25) is 0 Å². The molecule has 0 aliphatic heterocycles. The average molecular weight is 808 g/mol. The largest absolute Gasteiger partial charge is 0.472 e. The predicted octanol–water partition coefficient (Wildman–Crippen LogP) is 11.2. The monoisotopic (exact) mass is 808 g/mol. The minimum absolute atomic E-state index is 0.00220. The quantitative estimate of drug-likeness (QED) is 0.0180. The molecule has 0 amide bonds. The van der Waals surface area contributed by atoms with E-state index in [-0.39, 0.29) is 32.6 Å². The number of aliphatic hydroxyl groups is 1. The van der Waals surface area contributed by atoms with Gasteiger partial charge in [0.05, 0.1) is 19.3 Å². The van der Waals surface area contributed by atoms with Gasteiger partial charge in [-0.1, -0.05) is 145 Å². The SMILES string of the molecule is CCCCC/C=C\C/C=C\C/C=C\CCCCCCC(=O)OC[C@H](COP(=O)(O)OCCN)OC(=O)CCCC(O)/C=C/C=C/C/C=C/CCCCCCCC. The molecule has 0 heterocycles. The number of hydrogen-bond donors (Lipinski definition) is 3. The summed E-state index contributed by atoms with van der Waals surface area (Å²) in [5.41, 5.74) is 5.33. The maximum absolute atomic E-state index is 12.6. The van der Waals surface area contributed by atoms with Crippen molar-refractivity contribution in [2.24, 2.45) is 5.73 Å². The molecule has 0 aromatic carbocycles. The molecule has 0 radical (unpaired) electrons. The second-order valence-corrected chi connectivity index (χ2v) is 15.5. The van der Waals surface area contributed by atoms with E-state index in [2.05, 4.69) is 62.5 Å². The Kier molecular flexibility index (Phi) is 38.7. The van der Waals surface area contributed by atoms with Gasteiger partial charge < -0.3 is 25.2 Å². The normalized spacial score (nSPS) is 14.6. The third-order valence-corrected chi connectivity index (χ3v) is 9.65. The van der Waals surface area contributed by atoms with Gasteiger partial charge in [0.25, 0.3) is 0 Å². The first kappa shape index (κ1) is 53.4. The molecule has 4 N–H and O–H groups in total. The Bertz CT molecular complexity index is 1160. The zero-order valence-electron chi connectivity index (χ0n) is 35.0. The van der Waals surface area contributed by atoms with Gasteiger partial charge in [-0.2, -0.15) is 0 Å². The highest BCUT2D eigenvalue weighted by molar-refractivity contribution is 7.47. The molecule has 11 heteroatoms. The van der Waals surface area contributed by atoms with Gasteiger partial charge in [-0.05, 0) is 77.0 Å². The smallest absolute Gasteiger partial charge is 0.462 e. The van der Waals surface area contributed by atoms with Crippen molar-refractivity contribution in [1.82, 2.24) is 0 Å². The van der Waals surface area contributed by atoms with E-state index < -0.39 is 38.6 Å². The minimum atomic E-state index is -4.44. The maximum atomic E-state index is 12.6.